The highest BCUT2D eigenvalue weighted by atomic mass is 32.2. The summed E-state index contributed by atoms with van der Waals surface area (Å²) in [5.74, 6) is 0. The highest BCUT2D eigenvalue weighted by Gasteiger charge is 2.18. The molecule has 0 bridgehead atoms. The number of hydrogen-bond acceptors (Lipinski definition) is 3. The first kappa shape index (κ1) is 11.0. The van der Waals surface area contributed by atoms with Crippen molar-refractivity contribution in [3.8, 4) is 0 Å². The molecule has 4 heteroatoms. The van der Waals surface area contributed by atoms with Gasteiger partial charge >= 0.3 is 0 Å². The first-order valence-electron chi connectivity index (χ1n) is 4.33. The van der Waals surface area contributed by atoms with Crippen LogP contribution in [0.2, 0.25) is 0 Å². The molecule has 0 aliphatic heterocycles. The zero-order valence-electron chi connectivity index (χ0n) is 8.57. The van der Waals surface area contributed by atoms with Gasteiger partial charge in [0.25, 0.3) is 5.24 Å². The van der Waals surface area contributed by atoms with Crippen molar-refractivity contribution < 1.29 is 4.79 Å². The molecule has 0 aromatic carbocycles. The second kappa shape index (κ2) is 4.00. The first-order valence-corrected chi connectivity index (χ1v) is 5.14. The Morgan fingerprint density at radius 2 is 2.14 bits per heavy atom. The number of nitrogens with zero attached hydrogens (tertiary/aromatic N) is 1. The van der Waals surface area contributed by atoms with Gasteiger partial charge in [0.05, 0.1) is 0 Å². The Morgan fingerprint density at radius 1 is 1.50 bits per heavy atom. The molecule has 1 amide bonds. The summed E-state index contributed by atoms with van der Waals surface area (Å²) in [6, 6.07) is 1.92. The quantitative estimate of drug-likeness (QED) is 0.725. The van der Waals surface area contributed by atoms with Crippen molar-refractivity contribution in [1.82, 2.24) is 4.98 Å². The van der Waals surface area contributed by atoms with Crippen LogP contribution in [0.15, 0.2) is 23.4 Å². The van der Waals surface area contributed by atoms with Crippen LogP contribution in [0, 0.1) is 0 Å². The van der Waals surface area contributed by atoms with Crippen LogP contribution in [0.5, 0.6) is 0 Å². The molecule has 3 nitrogen and oxygen atoms in total. The second-order valence-electron chi connectivity index (χ2n) is 4.04. The third-order valence-corrected chi connectivity index (χ3v) is 2.55. The molecule has 0 aliphatic carbocycles. The van der Waals surface area contributed by atoms with Gasteiger partial charge in [0.15, 0.2) is 0 Å². The maximum Gasteiger partial charge on any atom is 0.281 e. The summed E-state index contributed by atoms with van der Waals surface area (Å²) < 4.78 is 0. The lowest BCUT2D eigenvalue weighted by Crippen LogP contribution is -2.14. The zero-order chi connectivity index (χ0) is 10.8. The van der Waals surface area contributed by atoms with Crippen LogP contribution in [-0.4, -0.2) is 10.2 Å². The number of rotatable bonds is 1. The van der Waals surface area contributed by atoms with E-state index in [1.54, 1.807) is 12.4 Å². The number of aromatic nitrogens is 1. The highest BCUT2D eigenvalue weighted by Crippen LogP contribution is 2.31. The number of primary amides is 1. The van der Waals surface area contributed by atoms with Crippen molar-refractivity contribution in [2.75, 3.05) is 0 Å². The standard InChI is InChI=1S/C10H14N2OS/c1-10(2,3)7-4-5-12-6-8(7)14-9(11)13/h4-6H,1-3H3,(H2,11,13). The SMILES string of the molecule is CC(C)(C)c1ccncc1SC(N)=O. The number of carbonyl (C=O) groups is 1. The molecule has 0 aliphatic rings. The van der Waals surface area contributed by atoms with Crippen molar-refractivity contribution in [1.29, 1.82) is 0 Å². The van der Waals surface area contributed by atoms with E-state index in [-0.39, 0.29) is 5.41 Å². The van der Waals surface area contributed by atoms with Gasteiger partial charge in [-0.05, 0) is 28.8 Å². The van der Waals surface area contributed by atoms with E-state index in [0.29, 0.717) is 0 Å². The molecule has 14 heavy (non-hydrogen) atoms. The summed E-state index contributed by atoms with van der Waals surface area (Å²) in [6.45, 7) is 6.27. The number of thioether (sulfide) groups is 1. The van der Waals surface area contributed by atoms with Gasteiger partial charge in [-0.15, -0.1) is 0 Å². The van der Waals surface area contributed by atoms with E-state index in [4.69, 9.17) is 5.73 Å². The van der Waals surface area contributed by atoms with Crippen molar-refractivity contribution >= 4 is 17.0 Å². The van der Waals surface area contributed by atoms with E-state index in [0.717, 1.165) is 22.2 Å². The molecular weight excluding hydrogens is 196 g/mol. The van der Waals surface area contributed by atoms with Crippen molar-refractivity contribution in [3.63, 3.8) is 0 Å². The predicted octanol–water partition coefficient (Wildman–Crippen LogP) is 2.55. The number of amides is 1. The average Bonchev–Trinajstić information content (AvgIpc) is 2.01. The van der Waals surface area contributed by atoms with Crippen LogP contribution >= 0.6 is 11.8 Å². The minimum atomic E-state index is -0.400. The lowest BCUT2D eigenvalue weighted by Gasteiger charge is -2.21. The summed E-state index contributed by atoms with van der Waals surface area (Å²) in [5, 5.41) is -0.400. The molecule has 2 N–H and O–H groups in total. The van der Waals surface area contributed by atoms with Crippen molar-refractivity contribution in [2.45, 2.75) is 31.1 Å². The maximum atomic E-state index is 10.8. The molecule has 0 radical (unpaired) electrons. The van der Waals surface area contributed by atoms with Crippen molar-refractivity contribution in [2.24, 2.45) is 5.73 Å². The van der Waals surface area contributed by atoms with Gasteiger partial charge in [-0.3, -0.25) is 9.78 Å². The van der Waals surface area contributed by atoms with Crippen LogP contribution in [0.4, 0.5) is 4.79 Å². The van der Waals surface area contributed by atoms with E-state index in [9.17, 15) is 4.79 Å². The molecule has 0 spiro atoms. The smallest absolute Gasteiger partial charge is 0.281 e. The van der Waals surface area contributed by atoms with E-state index < -0.39 is 5.24 Å². The lowest BCUT2D eigenvalue weighted by atomic mass is 9.88. The van der Waals surface area contributed by atoms with Crippen molar-refractivity contribution in [3.05, 3.63) is 24.0 Å². The number of carbonyl (C=O) groups excluding carboxylic acids is 1. The van der Waals surface area contributed by atoms with Gasteiger partial charge in [0.1, 0.15) is 0 Å². The fourth-order valence-electron chi connectivity index (χ4n) is 1.19. The van der Waals surface area contributed by atoms with Crippen LogP contribution in [0.1, 0.15) is 26.3 Å². The van der Waals surface area contributed by atoms with Gasteiger partial charge < -0.3 is 5.73 Å². The number of nitrogens with two attached hydrogens (primary N) is 1. The lowest BCUT2D eigenvalue weighted by molar-refractivity contribution is 0.267. The Kier molecular flexibility index (Phi) is 3.16. The van der Waals surface area contributed by atoms with Gasteiger partial charge in [0.2, 0.25) is 0 Å². The predicted molar refractivity (Wildman–Crippen MR) is 58.4 cm³/mol. The molecule has 1 rings (SSSR count). The molecule has 1 aromatic heterocycles. The van der Waals surface area contributed by atoms with Gasteiger partial charge in [0, 0.05) is 17.3 Å². The Morgan fingerprint density at radius 3 is 2.64 bits per heavy atom. The molecule has 0 unspecified atom stereocenters. The zero-order valence-corrected chi connectivity index (χ0v) is 9.39. The molecule has 1 heterocycles. The maximum absolute atomic E-state index is 10.8. The summed E-state index contributed by atoms with van der Waals surface area (Å²) in [7, 11) is 0. The van der Waals surface area contributed by atoms with Gasteiger partial charge in [-0.25, -0.2) is 0 Å². The molecular formula is C10H14N2OS. The van der Waals surface area contributed by atoms with Crippen LogP contribution in [-0.2, 0) is 5.41 Å². The monoisotopic (exact) mass is 210 g/mol. The topological polar surface area (TPSA) is 56.0 Å². The minimum absolute atomic E-state index is 0.000718. The molecule has 0 fully saturated rings. The van der Waals surface area contributed by atoms with E-state index in [1.165, 1.54) is 0 Å². The third-order valence-electron chi connectivity index (χ3n) is 1.80. The molecule has 1 aromatic rings. The second-order valence-corrected chi connectivity index (χ2v) is 5.09. The van der Waals surface area contributed by atoms with E-state index >= 15 is 0 Å². The summed E-state index contributed by atoms with van der Waals surface area (Å²) in [4.78, 5) is 15.6. The summed E-state index contributed by atoms with van der Waals surface area (Å²) in [6.07, 6.45) is 3.40. The summed E-state index contributed by atoms with van der Waals surface area (Å²) >= 11 is 1.03. The normalized spacial score (nSPS) is 11.4. The van der Waals surface area contributed by atoms with Crippen LogP contribution in [0.25, 0.3) is 0 Å². The number of hydrogen-bond donors (Lipinski definition) is 1. The third kappa shape index (κ3) is 2.73. The Labute approximate surface area is 88.1 Å². The molecule has 76 valence electrons. The molecule has 0 saturated heterocycles. The Bertz CT molecular complexity index is 344. The van der Waals surface area contributed by atoms with Crippen LogP contribution in [0.3, 0.4) is 0 Å². The van der Waals surface area contributed by atoms with E-state index in [2.05, 4.69) is 25.8 Å². The highest BCUT2D eigenvalue weighted by molar-refractivity contribution is 8.13. The van der Waals surface area contributed by atoms with Crippen LogP contribution < -0.4 is 5.73 Å². The average molecular weight is 210 g/mol. The Hall–Kier alpha value is -1.03. The van der Waals surface area contributed by atoms with Gasteiger partial charge in [-0.1, -0.05) is 20.8 Å². The first-order chi connectivity index (χ1) is 6.41. The summed E-state index contributed by atoms with van der Waals surface area (Å²) in [5.41, 5.74) is 6.23. The Balaban J connectivity index is 3.10. The molecule has 0 atom stereocenters. The number of pyridine rings is 1. The largest absolute Gasteiger partial charge is 0.360 e. The molecule has 0 saturated carbocycles. The fourth-order valence-corrected chi connectivity index (χ4v) is 2.00. The minimum Gasteiger partial charge on any atom is -0.360 e. The fraction of sp³-hybridized carbons (Fsp3) is 0.400. The van der Waals surface area contributed by atoms with E-state index in [1.807, 2.05) is 6.07 Å². The van der Waals surface area contributed by atoms with Gasteiger partial charge in [-0.2, -0.15) is 0 Å².